The van der Waals surface area contributed by atoms with Crippen molar-refractivity contribution < 1.29 is 23.1 Å². The van der Waals surface area contributed by atoms with Gasteiger partial charge in [0.15, 0.2) is 0 Å². The van der Waals surface area contributed by atoms with Gasteiger partial charge in [-0.1, -0.05) is 42.8 Å². The Bertz CT molecular complexity index is 1400. The van der Waals surface area contributed by atoms with Gasteiger partial charge in [-0.2, -0.15) is 0 Å². The van der Waals surface area contributed by atoms with Crippen molar-refractivity contribution in [3.05, 3.63) is 81.9 Å². The highest BCUT2D eigenvalue weighted by molar-refractivity contribution is 7.92. The Kier molecular flexibility index (Phi) is 7.87. The molecule has 0 aromatic heterocycles. The lowest BCUT2D eigenvalue weighted by molar-refractivity contribution is -0.139. The first-order valence-corrected chi connectivity index (χ1v) is 12.8. The number of carbonyl (C=O) groups is 2. The molecular formula is C26H27ClN2O5S. The molecule has 3 aromatic carbocycles. The van der Waals surface area contributed by atoms with Gasteiger partial charge in [-0.15, -0.1) is 0 Å². The lowest BCUT2D eigenvalue weighted by Gasteiger charge is -2.15. The normalized spacial score (nSPS) is 12.1. The summed E-state index contributed by atoms with van der Waals surface area (Å²) in [4.78, 5) is 23.9. The SMILES string of the molecule is CCC(NC(=O)c1ccc(-c2cccc(NS(=O)(=O)c3cc(C)c(Cl)cc3C)c2)cc1C)C(=O)O. The van der Waals surface area contributed by atoms with Crippen LogP contribution in [0.4, 0.5) is 5.69 Å². The molecule has 3 rings (SSSR count). The number of carboxylic acids is 1. The Labute approximate surface area is 210 Å². The molecule has 35 heavy (non-hydrogen) atoms. The molecule has 1 atom stereocenters. The molecule has 0 saturated carbocycles. The molecule has 0 aliphatic heterocycles. The zero-order valence-corrected chi connectivity index (χ0v) is 21.4. The van der Waals surface area contributed by atoms with Crippen molar-refractivity contribution in [3.63, 3.8) is 0 Å². The summed E-state index contributed by atoms with van der Waals surface area (Å²) < 4.78 is 28.7. The minimum absolute atomic E-state index is 0.155. The number of rotatable bonds is 8. The molecule has 0 radical (unpaired) electrons. The van der Waals surface area contributed by atoms with Crippen molar-refractivity contribution >= 4 is 39.2 Å². The van der Waals surface area contributed by atoms with E-state index in [0.717, 1.165) is 11.1 Å². The van der Waals surface area contributed by atoms with Gasteiger partial charge in [0.2, 0.25) is 0 Å². The van der Waals surface area contributed by atoms with Gasteiger partial charge >= 0.3 is 5.97 Å². The molecule has 3 aromatic rings. The summed E-state index contributed by atoms with van der Waals surface area (Å²) in [5.74, 6) is -1.54. The third-order valence-electron chi connectivity index (χ3n) is 5.68. The Morgan fingerprint density at radius 1 is 0.943 bits per heavy atom. The molecule has 0 bridgehead atoms. The van der Waals surface area contributed by atoms with E-state index < -0.39 is 27.9 Å². The number of hydrogen-bond acceptors (Lipinski definition) is 4. The summed E-state index contributed by atoms with van der Waals surface area (Å²) in [7, 11) is -3.84. The number of aryl methyl sites for hydroxylation is 3. The van der Waals surface area contributed by atoms with Gasteiger partial charge in [-0.3, -0.25) is 9.52 Å². The number of amides is 1. The predicted octanol–water partition coefficient (Wildman–Crippen LogP) is 5.33. The van der Waals surface area contributed by atoms with Crippen LogP contribution in [0.5, 0.6) is 0 Å². The van der Waals surface area contributed by atoms with Gasteiger partial charge in [-0.05, 0) is 85.3 Å². The number of benzene rings is 3. The number of hydrogen-bond donors (Lipinski definition) is 3. The topological polar surface area (TPSA) is 113 Å². The second-order valence-electron chi connectivity index (χ2n) is 8.36. The van der Waals surface area contributed by atoms with Crippen molar-refractivity contribution in [2.45, 2.75) is 45.1 Å². The maximum atomic E-state index is 13.0. The van der Waals surface area contributed by atoms with Crippen LogP contribution < -0.4 is 10.0 Å². The summed E-state index contributed by atoms with van der Waals surface area (Å²) in [6.45, 7) is 6.89. The average molecular weight is 515 g/mol. The minimum Gasteiger partial charge on any atom is -0.480 e. The molecule has 0 spiro atoms. The van der Waals surface area contributed by atoms with E-state index in [9.17, 15) is 23.1 Å². The molecule has 3 N–H and O–H groups in total. The number of halogens is 1. The van der Waals surface area contributed by atoms with Crippen LogP contribution in [0.15, 0.2) is 59.5 Å². The van der Waals surface area contributed by atoms with Crippen molar-refractivity contribution in [3.8, 4) is 11.1 Å². The largest absolute Gasteiger partial charge is 0.480 e. The smallest absolute Gasteiger partial charge is 0.326 e. The third kappa shape index (κ3) is 6.01. The Morgan fingerprint density at radius 3 is 2.26 bits per heavy atom. The number of aliphatic carboxylic acids is 1. The van der Waals surface area contributed by atoms with E-state index in [1.54, 1.807) is 76.2 Å². The second-order valence-corrected chi connectivity index (χ2v) is 10.4. The lowest BCUT2D eigenvalue weighted by atomic mass is 9.99. The molecule has 0 aliphatic rings. The average Bonchev–Trinajstić information content (AvgIpc) is 2.79. The highest BCUT2D eigenvalue weighted by Gasteiger charge is 2.21. The molecular weight excluding hydrogens is 488 g/mol. The van der Waals surface area contributed by atoms with Crippen LogP contribution in [0.2, 0.25) is 5.02 Å². The molecule has 0 aliphatic carbocycles. The standard InChI is InChI=1S/C26H27ClN2O5S/c1-5-23(26(31)32)28-25(30)21-10-9-19(11-15(21)2)18-7-6-8-20(14-18)29-35(33,34)24-13-16(3)22(27)12-17(24)4/h6-14,23,29H,5H2,1-4H3,(H,28,30)(H,31,32). The van der Waals surface area contributed by atoms with Crippen molar-refractivity contribution in [2.75, 3.05) is 4.72 Å². The van der Waals surface area contributed by atoms with Crippen molar-refractivity contribution in [2.24, 2.45) is 0 Å². The molecule has 0 heterocycles. The first-order chi connectivity index (χ1) is 16.4. The summed E-state index contributed by atoms with van der Waals surface area (Å²) in [5, 5.41) is 12.2. The number of carbonyl (C=O) groups excluding carboxylic acids is 1. The van der Waals surface area contributed by atoms with Gasteiger partial charge in [0.1, 0.15) is 6.04 Å². The quantitative estimate of drug-likeness (QED) is 0.376. The van der Waals surface area contributed by atoms with Crippen molar-refractivity contribution in [1.29, 1.82) is 0 Å². The maximum Gasteiger partial charge on any atom is 0.326 e. The first kappa shape index (κ1) is 26.2. The zero-order chi connectivity index (χ0) is 25.9. The molecule has 0 saturated heterocycles. The van der Waals surface area contributed by atoms with E-state index in [0.29, 0.717) is 33.0 Å². The van der Waals surface area contributed by atoms with Gasteiger partial charge < -0.3 is 10.4 Å². The number of carboxylic acid groups (broad SMARTS) is 1. The lowest BCUT2D eigenvalue weighted by Crippen LogP contribution is -2.40. The Balaban J connectivity index is 1.86. The van der Waals surface area contributed by atoms with E-state index in [-0.39, 0.29) is 11.3 Å². The van der Waals surface area contributed by atoms with Crippen LogP contribution in [-0.2, 0) is 14.8 Å². The van der Waals surface area contributed by atoms with Crippen LogP contribution in [0, 0.1) is 20.8 Å². The van der Waals surface area contributed by atoms with Crippen LogP contribution in [0.25, 0.3) is 11.1 Å². The van der Waals surface area contributed by atoms with Crippen LogP contribution in [0.1, 0.15) is 40.4 Å². The third-order valence-corrected chi connectivity index (χ3v) is 7.61. The van der Waals surface area contributed by atoms with Gasteiger partial charge in [-0.25, -0.2) is 13.2 Å². The fourth-order valence-electron chi connectivity index (χ4n) is 3.69. The van der Waals surface area contributed by atoms with E-state index in [1.807, 2.05) is 6.07 Å². The highest BCUT2D eigenvalue weighted by atomic mass is 35.5. The number of sulfonamides is 1. The molecule has 7 nitrogen and oxygen atoms in total. The summed E-state index contributed by atoms with van der Waals surface area (Å²) in [6, 6.07) is 14.3. The van der Waals surface area contributed by atoms with Gasteiger partial charge in [0.25, 0.3) is 15.9 Å². The highest BCUT2D eigenvalue weighted by Crippen LogP contribution is 2.28. The second kappa shape index (κ2) is 10.5. The van der Waals surface area contributed by atoms with E-state index >= 15 is 0 Å². The first-order valence-electron chi connectivity index (χ1n) is 11.0. The minimum atomic E-state index is -3.84. The molecule has 1 amide bonds. The zero-order valence-electron chi connectivity index (χ0n) is 19.8. The Morgan fingerprint density at radius 2 is 1.63 bits per heavy atom. The molecule has 9 heteroatoms. The van der Waals surface area contributed by atoms with Crippen LogP contribution >= 0.6 is 11.6 Å². The fourth-order valence-corrected chi connectivity index (χ4v) is 5.27. The van der Waals surface area contributed by atoms with Crippen molar-refractivity contribution in [1.82, 2.24) is 5.32 Å². The molecule has 0 fully saturated rings. The van der Waals surface area contributed by atoms with Gasteiger partial charge in [0, 0.05) is 16.3 Å². The van der Waals surface area contributed by atoms with Crippen LogP contribution in [0.3, 0.4) is 0 Å². The van der Waals surface area contributed by atoms with E-state index in [1.165, 1.54) is 0 Å². The maximum absolute atomic E-state index is 13.0. The van der Waals surface area contributed by atoms with Gasteiger partial charge in [0.05, 0.1) is 4.90 Å². The number of nitrogens with one attached hydrogen (secondary N) is 2. The molecule has 184 valence electrons. The predicted molar refractivity (Wildman–Crippen MR) is 138 cm³/mol. The fraction of sp³-hybridized carbons (Fsp3) is 0.231. The summed E-state index contributed by atoms with van der Waals surface area (Å²) in [6.07, 6.45) is 0.274. The summed E-state index contributed by atoms with van der Waals surface area (Å²) >= 11 is 6.11. The molecule has 1 unspecified atom stereocenters. The monoisotopic (exact) mass is 514 g/mol. The Hall–Kier alpha value is -3.36. The summed E-state index contributed by atoms with van der Waals surface area (Å²) in [5.41, 5.74) is 4.17. The number of anilines is 1. The van der Waals surface area contributed by atoms with E-state index in [2.05, 4.69) is 10.0 Å². The van der Waals surface area contributed by atoms with E-state index in [4.69, 9.17) is 11.6 Å². The van der Waals surface area contributed by atoms with Crippen LogP contribution in [-0.4, -0.2) is 31.4 Å².